The largest absolute Gasteiger partial charge is 0.341 e. The Labute approximate surface area is 132 Å². The highest BCUT2D eigenvalue weighted by Crippen LogP contribution is 2.22. The van der Waals surface area contributed by atoms with Crippen LogP contribution >= 0.6 is 11.8 Å². The lowest BCUT2D eigenvalue weighted by molar-refractivity contribution is -0.119. The molecule has 116 valence electrons. The first kappa shape index (κ1) is 16.0. The Hall–Kier alpha value is -2.35. The van der Waals surface area contributed by atoms with Crippen LogP contribution in [0.15, 0.2) is 29.4 Å². The van der Waals surface area contributed by atoms with Gasteiger partial charge < -0.3 is 5.32 Å². The van der Waals surface area contributed by atoms with Crippen LogP contribution in [0.3, 0.4) is 0 Å². The molecule has 0 fully saturated rings. The molecule has 1 aromatic carbocycles. The van der Waals surface area contributed by atoms with Crippen molar-refractivity contribution in [3.8, 4) is 11.4 Å². The third kappa shape index (κ3) is 4.08. The van der Waals surface area contributed by atoms with E-state index in [0.29, 0.717) is 11.0 Å². The molecular formula is C14H17N5O2S. The molecule has 0 radical (unpaired) electrons. The van der Waals surface area contributed by atoms with E-state index in [-0.39, 0.29) is 0 Å². The number of benzene rings is 1. The van der Waals surface area contributed by atoms with Crippen LogP contribution in [-0.4, -0.2) is 39.4 Å². The molecule has 0 bridgehead atoms. The summed E-state index contributed by atoms with van der Waals surface area (Å²) < 4.78 is 0. The van der Waals surface area contributed by atoms with E-state index in [2.05, 4.69) is 25.8 Å². The van der Waals surface area contributed by atoms with Crippen molar-refractivity contribution in [2.24, 2.45) is 0 Å². The molecule has 8 heteroatoms. The van der Waals surface area contributed by atoms with E-state index in [0.717, 1.165) is 11.1 Å². The number of aromatic nitrogens is 3. The minimum absolute atomic E-state index is 0.397. The fourth-order valence-electron chi connectivity index (χ4n) is 1.63. The molecule has 1 aromatic heterocycles. The number of aromatic amines is 1. The molecule has 22 heavy (non-hydrogen) atoms. The van der Waals surface area contributed by atoms with Crippen molar-refractivity contribution in [2.45, 2.75) is 24.3 Å². The summed E-state index contributed by atoms with van der Waals surface area (Å²) in [5.41, 5.74) is 2.09. The Kier molecular flexibility index (Phi) is 5.16. The number of carbonyl (C=O) groups is 2. The predicted molar refractivity (Wildman–Crippen MR) is 84.5 cm³/mol. The lowest BCUT2D eigenvalue weighted by Gasteiger charge is -2.08. The molecular weight excluding hydrogens is 302 g/mol. The SMILES string of the molecule is CNC(=O)NC(=O)[C@H](C)Sc1n[nH]c(-c2ccc(C)cc2)n1. The number of nitrogens with one attached hydrogen (secondary N) is 3. The van der Waals surface area contributed by atoms with Gasteiger partial charge in [-0.15, -0.1) is 5.10 Å². The molecule has 0 unspecified atom stereocenters. The third-order valence-electron chi connectivity index (χ3n) is 2.91. The van der Waals surface area contributed by atoms with Crippen LogP contribution in [0.2, 0.25) is 0 Å². The average Bonchev–Trinajstić information content (AvgIpc) is 2.96. The van der Waals surface area contributed by atoms with E-state index in [9.17, 15) is 9.59 Å². The Balaban J connectivity index is 2.01. The number of hydrogen-bond donors (Lipinski definition) is 3. The number of rotatable bonds is 4. The van der Waals surface area contributed by atoms with Crippen LogP contribution in [0.1, 0.15) is 12.5 Å². The molecule has 0 aliphatic heterocycles. The highest BCUT2D eigenvalue weighted by Gasteiger charge is 2.19. The summed E-state index contributed by atoms with van der Waals surface area (Å²) in [5, 5.41) is 11.4. The number of carbonyl (C=O) groups excluding carboxylic acids is 2. The van der Waals surface area contributed by atoms with Crippen LogP contribution in [0.25, 0.3) is 11.4 Å². The predicted octanol–water partition coefficient (Wildman–Crippen LogP) is 1.72. The van der Waals surface area contributed by atoms with Crippen LogP contribution in [-0.2, 0) is 4.79 Å². The Morgan fingerprint density at radius 2 is 1.95 bits per heavy atom. The zero-order chi connectivity index (χ0) is 16.1. The zero-order valence-electron chi connectivity index (χ0n) is 12.5. The molecule has 2 aromatic rings. The number of thioether (sulfide) groups is 1. The summed E-state index contributed by atoms with van der Waals surface area (Å²) in [6, 6.07) is 7.35. The standard InChI is InChI=1S/C14H17N5O2S/c1-8-4-6-10(7-5-8)11-16-14(19-18-11)22-9(2)12(20)17-13(21)15-3/h4-7,9H,1-3H3,(H,16,18,19)(H2,15,17,20,21)/t9-/m0/s1. The van der Waals surface area contributed by atoms with Crippen molar-refractivity contribution in [3.05, 3.63) is 29.8 Å². The van der Waals surface area contributed by atoms with Gasteiger partial charge in [-0.05, 0) is 13.8 Å². The highest BCUT2D eigenvalue weighted by atomic mass is 32.2. The number of amides is 3. The first-order valence-electron chi connectivity index (χ1n) is 6.68. The lowest BCUT2D eigenvalue weighted by atomic mass is 10.1. The van der Waals surface area contributed by atoms with Gasteiger partial charge in [-0.3, -0.25) is 15.2 Å². The summed E-state index contributed by atoms with van der Waals surface area (Å²) in [7, 11) is 1.45. The van der Waals surface area contributed by atoms with Gasteiger partial charge in [0, 0.05) is 12.6 Å². The molecule has 1 heterocycles. The quantitative estimate of drug-likeness (QED) is 0.745. The second-order valence-corrected chi connectivity index (χ2v) is 5.97. The first-order valence-corrected chi connectivity index (χ1v) is 7.56. The molecule has 0 saturated heterocycles. The van der Waals surface area contributed by atoms with E-state index in [4.69, 9.17) is 0 Å². The molecule has 3 amide bonds. The van der Waals surface area contributed by atoms with Crippen LogP contribution in [0.4, 0.5) is 4.79 Å². The fraction of sp³-hybridized carbons (Fsp3) is 0.286. The Morgan fingerprint density at radius 1 is 1.27 bits per heavy atom. The minimum atomic E-state index is -0.534. The maximum absolute atomic E-state index is 11.8. The van der Waals surface area contributed by atoms with Crippen LogP contribution < -0.4 is 10.6 Å². The van der Waals surface area contributed by atoms with Gasteiger partial charge in [-0.25, -0.2) is 9.78 Å². The Morgan fingerprint density at radius 3 is 2.59 bits per heavy atom. The van der Waals surface area contributed by atoms with Gasteiger partial charge in [0.2, 0.25) is 11.1 Å². The van der Waals surface area contributed by atoms with Crippen molar-refractivity contribution < 1.29 is 9.59 Å². The van der Waals surface area contributed by atoms with Gasteiger partial charge in [0.05, 0.1) is 5.25 Å². The van der Waals surface area contributed by atoms with E-state index >= 15 is 0 Å². The smallest absolute Gasteiger partial charge is 0.321 e. The number of H-pyrrole nitrogens is 1. The third-order valence-corrected chi connectivity index (χ3v) is 3.87. The molecule has 2 rings (SSSR count). The Bertz CT molecular complexity index is 668. The van der Waals surface area contributed by atoms with Crippen LogP contribution in [0, 0.1) is 6.92 Å². The number of urea groups is 1. The van der Waals surface area contributed by atoms with Gasteiger partial charge in [0.1, 0.15) is 0 Å². The average molecular weight is 319 g/mol. The van der Waals surface area contributed by atoms with Crippen molar-refractivity contribution in [1.82, 2.24) is 25.8 Å². The highest BCUT2D eigenvalue weighted by molar-refractivity contribution is 8.00. The monoisotopic (exact) mass is 319 g/mol. The molecule has 0 aliphatic carbocycles. The normalized spacial score (nSPS) is 11.8. The maximum atomic E-state index is 11.8. The topological polar surface area (TPSA) is 99.8 Å². The molecule has 0 aliphatic rings. The van der Waals surface area contributed by atoms with E-state index < -0.39 is 17.2 Å². The van der Waals surface area contributed by atoms with E-state index in [1.54, 1.807) is 6.92 Å². The maximum Gasteiger partial charge on any atom is 0.321 e. The number of aryl methyl sites for hydroxylation is 1. The number of imide groups is 1. The summed E-state index contributed by atoms with van der Waals surface area (Å²) in [5.74, 6) is 0.243. The molecule has 0 saturated carbocycles. The van der Waals surface area contributed by atoms with E-state index in [1.807, 2.05) is 31.2 Å². The fourth-order valence-corrected chi connectivity index (χ4v) is 2.35. The molecule has 0 spiro atoms. The minimum Gasteiger partial charge on any atom is -0.341 e. The summed E-state index contributed by atoms with van der Waals surface area (Å²) >= 11 is 1.18. The molecule has 3 N–H and O–H groups in total. The van der Waals surface area contributed by atoms with Gasteiger partial charge in [-0.1, -0.05) is 41.6 Å². The second kappa shape index (κ2) is 7.08. The van der Waals surface area contributed by atoms with Crippen molar-refractivity contribution in [2.75, 3.05) is 7.05 Å². The van der Waals surface area contributed by atoms with Gasteiger partial charge >= 0.3 is 6.03 Å². The van der Waals surface area contributed by atoms with Crippen molar-refractivity contribution >= 4 is 23.7 Å². The second-order valence-electron chi connectivity index (χ2n) is 4.66. The lowest BCUT2D eigenvalue weighted by Crippen LogP contribution is -2.41. The number of nitrogens with zero attached hydrogens (tertiary/aromatic N) is 2. The number of hydrogen-bond acceptors (Lipinski definition) is 5. The summed E-state index contributed by atoms with van der Waals surface area (Å²) in [4.78, 5) is 27.2. The van der Waals surface area contributed by atoms with Gasteiger partial charge in [0.15, 0.2) is 5.82 Å². The van der Waals surface area contributed by atoms with Crippen molar-refractivity contribution in [3.63, 3.8) is 0 Å². The van der Waals surface area contributed by atoms with E-state index in [1.165, 1.54) is 18.8 Å². The summed E-state index contributed by atoms with van der Waals surface area (Å²) in [6.07, 6.45) is 0. The summed E-state index contributed by atoms with van der Waals surface area (Å²) in [6.45, 7) is 3.70. The molecule has 7 nitrogen and oxygen atoms in total. The van der Waals surface area contributed by atoms with Crippen molar-refractivity contribution in [1.29, 1.82) is 0 Å². The molecule has 1 atom stereocenters. The van der Waals surface area contributed by atoms with Gasteiger partial charge in [-0.2, -0.15) is 0 Å². The van der Waals surface area contributed by atoms with Gasteiger partial charge in [0.25, 0.3) is 0 Å². The first-order chi connectivity index (χ1) is 10.5. The van der Waals surface area contributed by atoms with Crippen LogP contribution in [0.5, 0.6) is 0 Å². The zero-order valence-corrected chi connectivity index (χ0v) is 13.3.